The van der Waals surface area contributed by atoms with Crippen molar-refractivity contribution < 1.29 is 14.3 Å². The van der Waals surface area contributed by atoms with Crippen molar-refractivity contribution in [3.63, 3.8) is 0 Å². The van der Waals surface area contributed by atoms with Gasteiger partial charge in [-0.1, -0.05) is 6.07 Å². The second-order valence-electron chi connectivity index (χ2n) is 5.65. The quantitative estimate of drug-likeness (QED) is 0.795. The zero-order valence-corrected chi connectivity index (χ0v) is 13.3. The minimum absolute atomic E-state index is 0.0361. The average Bonchev–Trinajstić information content (AvgIpc) is 3.30. The van der Waals surface area contributed by atoms with Crippen molar-refractivity contribution in [2.75, 3.05) is 26.0 Å². The second-order valence-corrected chi connectivity index (χ2v) is 5.65. The maximum absolute atomic E-state index is 12.2. The van der Waals surface area contributed by atoms with E-state index in [2.05, 4.69) is 10.6 Å². The molecule has 120 valence electrons. The van der Waals surface area contributed by atoms with Crippen LogP contribution in [0.25, 0.3) is 0 Å². The predicted octanol–water partition coefficient (Wildman–Crippen LogP) is 1.23. The van der Waals surface area contributed by atoms with Gasteiger partial charge in [0, 0.05) is 17.8 Å². The van der Waals surface area contributed by atoms with E-state index in [0.717, 1.165) is 12.8 Å². The largest absolute Gasteiger partial charge is 0.497 e. The maximum Gasteiger partial charge on any atom is 0.241 e. The van der Waals surface area contributed by atoms with E-state index in [4.69, 9.17) is 4.74 Å². The highest BCUT2D eigenvalue weighted by molar-refractivity contribution is 5.95. The van der Waals surface area contributed by atoms with E-state index in [-0.39, 0.29) is 18.4 Å². The van der Waals surface area contributed by atoms with E-state index in [9.17, 15) is 9.59 Å². The molecule has 1 aromatic rings. The predicted molar refractivity (Wildman–Crippen MR) is 84.9 cm³/mol. The fraction of sp³-hybridized carbons (Fsp3) is 0.500. The summed E-state index contributed by atoms with van der Waals surface area (Å²) in [6.45, 7) is 1.99. The topological polar surface area (TPSA) is 70.7 Å². The third-order valence-electron chi connectivity index (χ3n) is 3.71. The Morgan fingerprint density at radius 2 is 2.14 bits per heavy atom. The third kappa shape index (κ3) is 4.73. The van der Waals surface area contributed by atoms with Gasteiger partial charge in [-0.2, -0.15) is 0 Å². The fourth-order valence-electron chi connectivity index (χ4n) is 2.01. The van der Waals surface area contributed by atoms with Crippen LogP contribution in [0.2, 0.25) is 0 Å². The van der Waals surface area contributed by atoms with Gasteiger partial charge in [0.2, 0.25) is 11.8 Å². The molecule has 1 aromatic carbocycles. The summed E-state index contributed by atoms with van der Waals surface area (Å²) in [6, 6.07) is 7.11. The molecule has 1 saturated carbocycles. The van der Waals surface area contributed by atoms with Crippen LogP contribution in [0.5, 0.6) is 5.75 Å². The molecule has 6 nitrogen and oxygen atoms in total. The van der Waals surface area contributed by atoms with E-state index in [1.807, 2.05) is 12.1 Å². The van der Waals surface area contributed by atoms with Gasteiger partial charge >= 0.3 is 0 Å². The molecule has 1 fully saturated rings. The zero-order chi connectivity index (χ0) is 16.1. The minimum Gasteiger partial charge on any atom is -0.497 e. The van der Waals surface area contributed by atoms with Crippen LogP contribution >= 0.6 is 0 Å². The summed E-state index contributed by atoms with van der Waals surface area (Å²) < 4.78 is 5.13. The highest BCUT2D eigenvalue weighted by Crippen LogP contribution is 2.19. The number of anilines is 1. The number of ether oxygens (including phenoxy) is 1. The van der Waals surface area contributed by atoms with Crippen LogP contribution in [0.1, 0.15) is 19.8 Å². The van der Waals surface area contributed by atoms with Crippen LogP contribution in [0.3, 0.4) is 0 Å². The molecule has 2 N–H and O–H groups in total. The number of amides is 2. The number of methoxy groups -OCH3 is 1. The summed E-state index contributed by atoms with van der Waals surface area (Å²) in [5, 5.41) is 5.75. The molecule has 0 spiro atoms. The van der Waals surface area contributed by atoms with Crippen LogP contribution in [0.4, 0.5) is 5.69 Å². The summed E-state index contributed by atoms with van der Waals surface area (Å²) in [5.74, 6) is 0.489. The number of carbonyl (C=O) groups is 2. The van der Waals surface area contributed by atoms with Gasteiger partial charge in [0.05, 0.1) is 19.7 Å². The number of carbonyl (C=O) groups excluding carboxylic acids is 2. The number of rotatable bonds is 7. The normalized spacial score (nSPS) is 15.3. The van der Waals surface area contributed by atoms with Crippen molar-refractivity contribution >= 4 is 17.5 Å². The molecule has 6 heteroatoms. The smallest absolute Gasteiger partial charge is 0.241 e. The van der Waals surface area contributed by atoms with Gasteiger partial charge < -0.3 is 15.4 Å². The van der Waals surface area contributed by atoms with Crippen LogP contribution in [0, 0.1) is 0 Å². The van der Waals surface area contributed by atoms with Crippen LogP contribution in [0.15, 0.2) is 24.3 Å². The molecular weight excluding hydrogens is 282 g/mol. The number of hydrogen-bond donors (Lipinski definition) is 2. The number of likely N-dealkylation sites (N-methyl/N-ethyl adjacent to an activating group) is 1. The Morgan fingerprint density at radius 1 is 1.41 bits per heavy atom. The SMILES string of the molecule is COc1cccc(NC(=O)[C@H](C)N(C)CC(=O)NC2CC2)c1. The van der Waals surface area contributed by atoms with Crippen LogP contribution < -0.4 is 15.4 Å². The lowest BCUT2D eigenvalue weighted by Crippen LogP contribution is -2.45. The number of nitrogens with one attached hydrogen (secondary N) is 2. The van der Waals surface area contributed by atoms with Crippen molar-refractivity contribution in [3.8, 4) is 5.75 Å². The molecule has 22 heavy (non-hydrogen) atoms. The molecule has 0 heterocycles. The summed E-state index contributed by atoms with van der Waals surface area (Å²) >= 11 is 0. The van der Waals surface area contributed by atoms with Gasteiger partial charge in [0.25, 0.3) is 0 Å². The first kappa shape index (κ1) is 16.3. The van der Waals surface area contributed by atoms with Crippen molar-refractivity contribution in [3.05, 3.63) is 24.3 Å². The lowest BCUT2D eigenvalue weighted by Gasteiger charge is -2.23. The Balaban J connectivity index is 1.85. The van der Waals surface area contributed by atoms with Gasteiger partial charge in [-0.05, 0) is 38.9 Å². The van der Waals surface area contributed by atoms with Crippen molar-refractivity contribution in [2.45, 2.75) is 31.8 Å². The number of hydrogen-bond acceptors (Lipinski definition) is 4. The first-order valence-corrected chi connectivity index (χ1v) is 7.44. The first-order valence-electron chi connectivity index (χ1n) is 7.44. The van der Waals surface area contributed by atoms with Gasteiger partial charge in [-0.3, -0.25) is 14.5 Å². The van der Waals surface area contributed by atoms with E-state index in [1.165, 1.54) is 0 Å². The monoisotopic (exact) mass is 305 g/mol. The minimum atomic E-state index is -0.406. The van der Waals surface area contributed by atoms with Gasteiger partial charge in [-0.15, -0.1) is 0 Å². The van der Waals surface area contributed by atoms with Crippen molar-refractivity contribution in [2.24, 2.45) is 0 Å². The highest BCUT2D eigenvalue weighted by Gasteiger charge is 2.25. The number of nitrogens with zero attached hydrogens (tertiary/aromatic N) is 1. The molecule has 0 bridgehead atoms. The molecule has 0 aromatic heterocycles. The first-order chi connectivity index (χ1) is 10.5. The molecule has 1 aliphatic carbocycles. The van der Waals surface area contributed by atoms with Gasteiger partial charge in [-0.25, -0.2) is 0 Å². The fourth-order valence-corrected chi connectivity index (χ4v) is 2.01. The summed E-state index contributed by atoms with van der Waals surface area (Å²) in [4.78, 5) is 25.7. The Bertz CT molecular complexity index is 543. The molecule has 2 rings (SSSR count). The van der Waals surface area contributed by atoms with Crippen LogP contribution in [-0.4, -0.2) is 49.5 Å². The Hall–Kier alpha value is -2.08. The van der Waals surface area contributed by atoms with Gasteiger partial charge in [0.15, 0.2) is 0 Å². The molecule has 1 aliphatic rings. The average molecular weight is 305 g/mol. The van der Waals surface area contributed by atoms with Gasteiger partial charge in [0.1, 0.15) is 5.75 Å². The van der Waals surface area contributed by atoms with E-state index >= 15 is 0 Å². The summed E-state index contributed by atoms with van der Waals surface area (Å²) in [5.41, 5.74) is 0.673. The van der Waals surface area contributed by atoms with E-state index in [1.54, 1.807) is 38.1 Å². The lowest BCUT2D eigenvalue weighted by atomic mass is 10.2. The molecule has 0 unspecified atom stereocenters. The Morgan fingerprint density at radius 3 is 2.77 bits per heavy atom. The molecular formula is C16H23N3O3. The van der Waals surface area contributed by atoms with Crippen molar-refractivity contribution in [1.29, 1.82) is 0 Å². The molecule has 0 saturated heterocycles. The van der Waals surface area contributed by atoms with Crippen LogP contribution in [-0.2, 0) is 9.59 Å². The lowest BCUT2D eigenvalue weighted by molar-refractivity contribution is -0.124. The Kier molecular flexibility index (Phi) is 5.38. The molecule has 2 amide bonds. The maximum atomic E-state index is 12.2. The van der Waals surface area contributed by atoms with E-state index in [0.29, 0.717) is 17.5 Å². The second kappa shape index (κ2) is 7.26. The summed E-state index contributed by atoms with van der Waals surface area (Å²) in [6.07, 6.45) is 2.11. The Labute approximate surface area is 130 Å². The standard InChI is InChI=1S/C16H23N3O3/c1-11(19(2)10-15(20)17-12-7-8-12)16(21)18-13-5-4-6-14(9-13)22-3/h4-6,9,11-12H,7-8,10H2,1-3H3,(H,17,20)(H,18,21)/t11-/m0/s1. The molecule has 1 atom stereocenters. The third-order valence-corrected chi connectivity index (χ3v) is 3.71. The highest BCUT2D eigenvalue weighted by atomic mass is 16.5. The van der Waals surface area contributed by atoms with E-state index < -0.39 is 6.04 Å². The van der Waals surface area contributed by atoms with Crippen molar-refractivity contribution in [1.82, 2.24) is 10.2 Å². The molecule has 0 radical (unpaired) electrons. The molecule has 0 aliphatic heterocycles. The number of benzene rings is 1. The zero-order valence-electron chi connectivity index (χ0n) is 13.3. The summed E-state index contributed by atoms with van der Waals surface area (Å²) in [7, 11) is 3.35.